The Morgan fingerprint density at radius 3 is 1.91 bits per heavy atom. The SMILES string of the molecule is Cc1cc(OC(COC(=O)C(C)(C)C)(COC(=O)C(C)(C)C)P(=O)(O)O)c(C)c(C)c1Cc1ccc(O)c(C2CCCCC2)n1. The van der Waals surface area contributed by atoms with Gasteiger partial charge >= 0.3 is 19.5 Å². The Hall–Kier alpha value is -2.94. The molecule has 1 aromatic carbocycles. The zero-order valence-corrected chi connectivity index (χ0v) is 29.0. The van der Waals surface area contributed by atoms with Gasteiger partial charge in [0.2, 0.25) is 0 Å². The maximum absolute atomic E-state index is 13.1. The van der Waals surface area contributed by atoms with Crippen molar-refractivity contribution < 1.29 is 43.3 Å². The summed E-state index contributed by atoms with van der Waals surface area (Å²) in [7, 11) is -5.24. The van der Waals surface area contributed by atoms with Gasteiger partial charge in [-0.15, -0.1) is 0 Å². The fraction of sp³-hybridized carbons (Fsp3) is 0.618. The molecule has 250 valence electrons. The van der Waals surface area contributed by atoms with Crippen molar-refractivity contribution in [3.05, 3.63) is 51.8 Å². The number of esters is 2. The van der Waals surface area contributed by atoms with Crippen molar-refractivity contribution in [3.63, 3.8) is 0 Å². The zero-order chi connectivity index (χ0) is 34.0. The Morgan fingerprint density at radius 1 is 0.889 bits per heavy atom. The molecule has 0 aliphatic heterocycles. The quantitative estimate of drug-likeness (QED) is 0.186. The predicted octanol–water partition coefficient (Wildman–Crippen LogP) is 6.78. The third-order valence-corrected chi connectivity index (χ3v) is 9.84. The van der Waals surface area contributed by atoms with E-state index in [1.807, 2.05) is 19.9 Å². The molecule has 0 atom stereocenters. The highest BCUT2D eigenvalue weighted by Gasteiger charge is 2.54. The van der Waals surface area contributed by atoms with Crippen molar-refractivity contribution in [2.45, 2.75) is 112 Å². The van der Waals surface area contributed by atoms with Crippen LogP contribution < -0.4 is 4.74 Å². The van der Waals surface area contributed by atoms with E-state index in [1.54, 1.807) is 60.6 Å². The first-order chi connectivity index (χ1) is 20.7. The Balaban J connectivity index is 2.01. The van der Waals surface area contributed by atoms with Gasteiger partial charge in [0, 0.05) is 18.0 Å². The zero-order valence-electron chi connectivity index (χ0n) is 28.2. The fourth-order valence-corrected chi connectivity index (χ4v) is 5.95. The first-order valence-corrected chi connectivity index (χ1v) is 17.1. The molecule has 1 saturated carbocycles. The van der Waals surface area contributed by atoms with E-state index in [-0.39, 0.29) is 17.4 Å². The summed E-state index contributed by atoms with van der Waals surface area (Å²) in [5, 5.41) is 8.06. The lowest BCUT2D eigenvalue weighted by atomic mass is 9.86. The summed E-state index contributed by atoms with van der Waals surface area (Å²) in [6.45, 7) is 13.6. The Morgan fingerprint density at radius 2 is 1.42 bits per heavy atom. The second-order valence-corrected chi connectivity index (χ2v) is 16.3. The third kappa shape index (κ3) is 8.87. The molecule has 3 rings (SSSR count). The van der Waals surface area contributed by atoms with Crippen LogP contribution in [0.25, 0.3) is 0 Å². The van der Waals surface area contributed by atoms with Gasteiger partial charge in [0.15, 0.2) is 0 Å². The number of aromatic hydroxyl groups is 1. The summed E-state index contributed by atoms with van der Waals surface area (Å²) in [4.78, 5) is 51.5. The van der Waals surface area contributed by atoms with Crippen LogP contribution in [0.1, 0.15) is 113 Å². The summed E-state index contributed by atoms with van der Waals surface area (Å²) in [6, 6.07) is 5.20. The smallest absolute Gasteiger partial charge is 0.376 e. The number of nitrogens with zero attached hydrogens (tertiary/aromatic N) is 1. The molecule has 11 heteroatoms. The molecule has 0 bridgehead atoms. The maximum Gasteiger partial charge on any atom is 0.376 e. The van der Waals surface area contributed by atoms with Gasteiger partial charge in [0.1, 0.15) is 24.7 Å². The molecular weight excluding hydrogens is 597 g/mol. The van der Waals surface area contributed by atoms with Crippen molar-refractivity contribution in [2.24, 2.45) is 10.8 Å². The number of aromatic nitrogens is 1. The average Bonchev–Trinajstić information content (AvgIpc) is 2.94. The number of hydrogen-bond donors (Lipinski definition) is 3. The van der Waals surface area contributed by atoms with Crippen LogP contribution in [0.5, 0.6) is 11.5 Å². The Kier molecular flexibility index (Phi) is 11.2. The summed E-state index contributed by atoms with van der Waals surface area (Å²) in [5.74, 6) is -0.776. The molecule has 1 heterocycles. The maximum atomic E-state index is 13.1. The van der Waals surface area contributed by atoms with Crippen LogP contribution in [0.3, 0.4) is 0 Å². The van der Waals surface area contributed by atoms with Gasteiger partial charge in [-0.05, 0) is 116 Å². The molecule has 2 aromatic rings. The molecule has 1 aliphatic rings. The largest absolute Gasteiger partial charge is 0.506 e. The van der Waals surface area contributed by atoms with E-state index < -0.39 is 48.9 Å². The monoisotopic (exact) mass is 647 g/mol. The van der Waals surface area contributed by atoms with Gasteiger partial charge in [0.25, 0.3) is 5.34 Å². The highest BCUT2D eigenvalue weighted by molar-refractivity contribution is 7.53. The molecule has 3 N–H and O–H groups in total. The average molecular weight is 648 g/mol. The number of carbonyl (C=O) groups is 2. The normalized spacial score (nSPS) is 15.1. The molecule has 0 spiro atoms. The standard InChI is InChI=1S/C34H50NO9P/c1-21-17-28(23(3)22(2)26(21)18-25-15-16-27(36)29(35-25)24-13-11-10-12-14-24)44-34(45(39,40)41,19-42-30(37)32(4,5)6)20-43-31(38)33(7,8)9/h15-17,24,36H,10-14,18-20H2,1-9H3,(H2,39,40,41). The molecule has 0 amide bonds. The van der Waals surface area contributed by atoms with Crippen LogP contribution in [0.2, 0.25) is 0 Å². The highest BCUT2D eigenvalue weighted by atomic mass is 31.2. The Labute approximate surface area is 267 Å². The molecule has 45 heavy (non-hydrogen) atoms. The van der Waals surface area contributed by atoms with Crippen molar-refractivity contribution in [1.29, 1.82) is 0 Å². The third-order valence-electron chi connectivity index (χ3n) is 8.43. The summed E-state index contributed by atoms with van der Waals surface area (Å²) < 4.78 is 30.0. The summed E-state index contributed by atoms with van der Waals surface area (Å²) in [6.07, 6.45) is 5.93. The Bertz CT molecular complexity index is 1410. The van der Waals surface area contributed by atoms with Crippen molar-refractivity contribution in [3.8, 4) is 11.5 Å². The van der Waals surface area contributed by atoms with Crippen LogP contribution in [0, 0.1) is 31.6 Å². The van der Waals surface area contributed by atoms with Gasteiger partial charge in [-0.3, -0.25) is 19.1 Å². The van der Waals surface area contributed by atoms with Crippen molar-refractivity contribution in [1.82, 2.24) is 4.98 Å². The van der Waals surface area contributed by atoms with E-state index in [2.05, 4.69) is 0 Å². The summed E-state index contributed by atoms with van der Waals surface area (Å²) in [5.41, 5.74) is 2.84. The number of rotatable bonds is 10. The van der Waals surface area contributed by atoms with E-state index in [9.17, 15) is 29.0 Å². The molecule has 1 aromatic heterocycles. The molecule has 0 radical (unpaired) electrons. The fourth-order valence-electron chi connectivity index (χ4n) is 5.27. The first kappa shape index (κ1) is 36.5. The lowest BCUT2D eigenvalue weighted by molar-refractivity contribution is -0.164. The second kappa shape index (κ2) is 13.8. The van der Waals surface area contributed by atoms with E-state index in [0.717, 1.165) is 53.8 Å². The van der Waals surface area contributed by atoms with Crippen molar-refractivity contribution in [2.75, 3.05) is 13.2 Å². The summed E-state index contributed by atoms with van der Waals surface area (Å²) >= 11 is 0. The number of pyridine rings is 1. The minimum Gasteiger partial charge on any atom is -0.506 e. The lowest BCUT2D eigenvalue weighted by Gasteiger charge is -2.35. The van der Waals surface area contributed by atoms with E-state index in [4.69, 9.17) is 19.2 Å². The first-order valence-electron chi connectivity index (χ1n) is 15.5. The van der Waals surface area contributed by atoms with Crippen LogP contribution in [-0.2, 0) is 30.0 Å². The second-order valence-electron chi connectivity index (χ2n) is 14.4. The van der Waals surface area contributed by atoms with Gasteiger partial charge in [0.05, 0.1) is 16.5 Å². The molecule has 1 fully saturated rings. The number of carbonyl (C=O) groups excluding carboxylic acids is 2. The van der Waals surface area contributed by atoms with Gasteiger partial charge in [-0.25, -0.2) is 0 Å². The molecule has 0 unspecified atom stereocenters. The number of benzene rings is 1. The van der Waals surface area contributed by atoms with Crippen molar-refractivity contribution >= 4 is 19.5 Å². The van der Waals surface area contributed by atoms with Crippen LogP contribution in [-0.4, -0.2) is 50.4 Å². The van der Waals surface area contributed by atoms with Crippen LogP contribution in [0.15, 0.2) is 18.2 Å². The van der Waals surface area contributed by atoms with E-state index >= 15 is 0 Å². The highest BCUT2D eigenvalue weighted by Crippen LogP contribution is 2.53. The van der Waals surface area contributed by atoms with Gasteiger partial charge in [-0.1, -0.05) is 19.3 Å². The molecular formula is C34H50NO9P. The molecule has 0 saturated heterocycles. The molecule has 1 aliphatic carbocycles. The van der Waals surface area contributed by atoms with Gasteiger partial charge < -0.3 is 29.1 Å². The molecule has 10 nitrogen and oxygen atoms in total. The van der Waals surface area contributed by atoms with E-state index in [1.165, 1.54) is 6.42 Å². The predicted molar refractivity (Wildman–Crippen MR) is 171 cm³/mol. The van der Waals surface area contributed by atoms with Crippen LogP contribution in [0.4, 0.5) is 0 Å². The van der Waals surface area contributed by atoms with Gasteiger partial charge in [-0.2, -0.15) is 0 Å². The minimum atomic E-state index is -5.24. The topological polar surface area (TPSA) is 152 Å². The van der Waals surface area contributed by atoms with E-state index in [0.29, 0.717) is 12.0 Å². The number of ether oxygens (including phenoxy) is 3. The lowest BCUT2D eigenvalue weighted by Crippen LogP contribution is -2.48. The number of hydrogen-bond acceptors (Lipinski definition) is 8. The number of aryl methyl sites for hydroxylation is 1. The van der Waals surface area contributed by atoms with Crippen LogP contribution >= 0.6 is 7.60 Å². The minimum absolute atomic E-state index is 0.164.